The number of methoxy groups -OCH3 is 1. The van der Waals surface area contributed by atoms with Crippen LogP contribution in [0.15, 0.2) is 45.3 Å². The van der Waals surface area contributed by atoms with Crippen molar-refractivity contribution in [2.75, 3.05) is 12.4 Å². The Morgan fingerprint density at radius 1 is 1.10 bits per heavy atom. The molecule has 4 heteroatoms. The van der Waals surface area contributed by atoms with Gasteiger partial charge in [0.15, 0.2) is 0 Å². The van der Waals surface area contributed by atoms with Gasteiger partial charge in [-0.3, -0.25) is 0 Å². The molecule has 0 saturated carbocycles. The molecule has 0 fully saturated rings. The number of rotatable bonds is 4. The molecular formula is C16H17Br2NO. The Morgan fingerprint density at radius 2 is 1.85 bits per heavy atom. The summed E-state index contributed by atoms with van der Waals surface area (Å²) >= 11 is 7.01. The van der Waals surface area contributed by atoms with E-state index in [4.69, 9.17) is 4.74 Å². The van der Waals surface area contributed by atoms with E-state index in [1.807, 2.05) is 12.1 Å². The number of nitrogens with one attached hydrogen (secondary N) is 1. The van der Waals surface area contributed by atoms with Crippen LogP contribution in [0.2, 0.25) is 0 Å². The van der Waals surface area contributed by atoms with Crippen LogP contribution < -0.4 is 10.1 Å². The van der Waals surface area contributed by atoms with Crippen molar-refractivity contribution in [3.8, 4) is 5.75 Å². The topological polar surface area (TPSA) is 21.3 Å². The third kappa shape index (κ3) is 3.55. The molecule has 0 aliphatic carbocycles. The maximum absolute atomic E-state index is 5.26. The normalized spacial score (nSPS) is 12.1. The standard InChI is InChI=1S/C16H17Br2NO/c1-10-8-13(17)5-6-15(10)19-11(2)12-4-7-16(20-3)14(18)9-12/h4-9,11,19H,1-3H3. The van der Waals surface area contributed by atoms with E-state index in [1.165, 1.54) is 11.1 Å². The molecule has 2 nitrogen and oxygen atoms in total. The van der Waals surface area contributed by atoms with Gasteiger partial charge in [-0.15, -0.1) is 0 Å². The van der Waals surface area contributed by atoms with Crippen LogP contribution in [-0.4, -0.2) is 7.11 Å². The van der Waals surface area contributed by atoms with Gasteiger partial charge in [-0.1, -0.05) is 22.0 Å². The average molecular weight is 399 g/mol. The molecule has 106 valence electrons. The van der Waals surface area contributed by atoms with Gasteiger partial charge in [0.05, 0.1) is 11.6 Å². The summed E-state index contributed by atoms with van der Waals surface area (Å²) in [5.41, 5.74) is 3.58. The second-order valence-electron chi connectivity index (χ2n) is 4.72. The first kappa shape index (κ1) is 15.4. The van der Waals surface area contributed by atoms with Crippen LogP contribution in [0, 0.1) is 6.92 Å². The fraction of sp³-hybridized carbons (Fsp3) is 0.250. The molecule has 2 aromatic carbocycles. The smallest absolute Gasteiger partial charge is 0.133 e. The molecule has 0 amide bonds. The third-order valence-electron chi connectivity index (χ3n) is 3.24. The molecule has 0 spiro atoms. The highest BCUT2D eigenvalue weighted by Gasteiger charge is 2.09. The maximum atomic E-state index is 5.26. The monoisotopic (exact) mass is 397 g/mol. The van der Waals surface area contributed by atoms with E-state index in [0.717, 1.165) is 20.4 Å². The van der Waals surface area contributed by atoms with Crippen molar-refractivity contribution in [3.05, 3.63) is 56.5 Å². The van der Waals surface area contributed by atoms with E-state index in [-0.39, 0.29) is 6.04 Å². The molecule has 0 bridgehead atoms. The summed E-state index contributed by atoms with van der Waals surface area (Å²) in [7, 11) is 1.67. The molecule has 0 radical (unpaired) electrons. The molecule has 20 heavy (non-hydrogen) atoms. The van der Waals surface area contributed by atoms with Crippen LogP contribution >= 0.6 is 31.9 Å². The molecule has 0 heterocycles. The Morgan fingerprint density at radius 3 is 2.45 bits per heavy atom. The van der Waals surface area contributed by atoms with E-state index < -0.39 is 0 Å². The summed E-state index contributed by atoms with van der Waals surface area (Å²) in [5.74, 6) is 0.848. The number of anilines is 1. The Balaban J connectivity index is 2.19. The lowest BCUT2D eigenvalue weighted by Crippen LogP contribution is -2.07. The quantitative estimate of drug-likeness (QED) is 0.712. The Kier molecular flexibility index (Phi) is 5.11. The largest absolute Gasteiger partial charge is 0.496 e. The van der Waals surface area contributed by atoms with Gasteiger partial charge in [0.2, 0.25) is 0 Å². The Bertz CT molecular complexity index is 613. The van der Waals surface area contributed by atoms with E-state index in [2.05, 4.69) is 75.3 Å². The molecule has 0 aliphatic heterocycles. The van der Waals surface area contributed by atoms with Crippen LogP contribution in [0.4, 0.5) is 5.69 Å². The molecular weight excluding hydrogens is 382 g/mol. The molecule has 0 saturated heterocycles. The van der Waals surface area contributed by atoms with Gasteiger partial charge >= 0.3 is 0 Å². The van der Waals surface area contributed by atoms with Crippen LogP contribution in [0.1, 0.15) is 24.1 Å². The summed E-state index contributed by atoms with van der Waals surface area (Å²) in [6, 6.07) is 12.6. The van der Waals surface area contributed by atoms with Crippen molar-refractivity contribution >= 4 is 37.5 Å². The summed E-state index contributed by atoms with van der Waals surface area (Å²) in [4.78, 5) is 0. The zero-order valence-corrected chi connectivity index (χ0v) is 14.9. The SMILES string of the molecule is COc1ccc(C(C)Nc2ccc(Br)cc2C)cc1Br. The molecule has 1 N–H and O–H groups in total. The summed E-state index contributed by atoms with van der Waals surface area (Å²) < 4.78 is 7.33. The second-order valence-corrected chi connectivity index (χ2v) is 6.49. The van der Waals surface area contributed by atoms with Gasteiger partial charge in [0, 0.05) is 16.2 Å². The number of ether oxygens (including phenoxy) is 1. The first-order valence-electron chi connectivity index (χ1n) is 6.37. The molecule has 1 unspecified atom stereocenters. The van der Waals surface area contributed by atoms with Crippen LogP contribution in [0.5, 0.6) is 5.75 Å². The lowest BCUT2D eigenvalue weighted by Gasteiger charge is -2.18. The van der Waals surface area contributed by atoms with Gasteiger partial charge in [-0.05, 0) is 71.2 Å². The van der Waals surface area contributed by atoms with E-state index in [1.54, 1.807) is 7.11 Å². The van der Waals surface area contributed by atoms with Crippen LogP contribution in [0.25, 0.3) is 0 Å². The van der Waals surface area contributed by atoms with Crippen molar-refractivity contribution in [1.29, 1.82) is 0 Å². The fourth-order valence-electron chi connectivity index (χ4n) is 2.06. The predicted octanol–water partition coefficient (Wildman–Crippen LogP) is 5.70. The van der Waals surface area contributed by atoms with E-state index in [9.17, 15) is 0 Å². The van der Waals surface area contributed by atoms with Gasteiger partial charge in [-0.25, -0.2) is 0 Å². The zero-order chi connectivity index (χ0) is 14.7. The number of hydrogen-bond acceptors (Lipinski definition) is 2. The fourth-order valence-corrected chi connectivity index (χ4v) is 3.09. The lowest BCUT2D eigenvalue weighted by molar-refractivity contribution is 0.412. The highest BCUT2D eigenvalue weighted by atomic mass is 79.9. The summed E-state index contributed by atoms with van der Waals surface area (Å²) in [6.07, 6.45) is 0. The minimum absolute atomic E-state index is 0.220. The van der Waals surface area contributed by atoms with Crippen molar-refractivity contribution < 1.29 is 4.74 Å². The second kappa shape index (κ2) is 6.64. The zero-order valence-electron chi connectivity index (χ0n) is 11.7. The minimum atomic E-state index is 0.220. The highest BCUT2D eigenvalue weighted by molar-refractivity contribution is 9.10. The molecule has 0 aromatic heterocycles. The average Bonchev–Trinajstić information content (AvgIpc) is 2.41. The summed E-state index contributed by atoms with van der Waals surface area (Å²) in [6.45, 7) is 4.25. The van der Waals surface area contributed by atoms with Gasteiger partial charge < -0.3 is 10.1 Å². The number of benzene rings is 2. The molecule has 0 aliphatic rings. The number of hydrogen-bond donors (Lipinski definition) is 1. The third-order valence-corrected chi connectivity index (χ3v) is 4.35. The lowest BCUT2D eigenvalue weighted by atomic mass is 10.1. The summed E-state index contributed by atoms with van der Waals surface area (Å²) in [5, 5.41) is 3.54. The van der Waals surface area contributed by atoms with Gasteiger partial charge in [0.1, 0.15) is 5.75 Å². The molecule has 2 rings (SSSR count). The maximum Gasteiger partial charge on any atom is 0.133 e. The highest BCUT2D eigenvalue weighted by Crippen LogP contribution is 2.30. The van der Waals surface area contributed by atoms with E-state index in [0.29, 0.717) is 0 Å². The van der Waals surface area contributed by atoms with Crippen LogP contribution in [-0.2, 0) is 0 Å². The number of aryl methyl sites for hydroxylation is 1. The first-order chi connectivity index (χ1) is 9.51. The minimum Gasteiger partial charge on any atom is -0.496 e. The molecule has 2 aromatic rings. The van der Waals surface area contributed by atoms with Crippen LogP contribution in [0.3, 0.4) is 0 Å². The van der Waals surface area contributed by atoms with Crippen molar-refractivity contribution in [2.45, 2.75) is 19.9 Å². The Hall–Kier alpha value is -1.000. The van der Waals surface area contributed by atoms with Crippen molar-refractivity contribution in [3.63, 3.8) is 0 Å². The first-order valence-corrected chi connectivity index (χ1v) is 7.96. The van der Waals surface area contributed by atoms with Crippen molar-refractivity contribution in [1.82, 2.24) is 0 Å². The predicted molar refractivity (Wildman–Crippen MR) is 91.6 cm³/mol. The number of halogens is 2. The Labute approximate surface area is 136 Å². The van der Waals surface area contributed by atoms with Crippen molar-refractivity contribution in [2.24, 2.45) is 0 Å². The van der Waals surface area contributed by atoms with Gasteiger partial charge in [0.25, 0.3) is 0 Å². The molecule has 1 atom stereocenters. The van der Waals surface area contributed by atoms with E-state index >= 15 is 0 Å². The van der Waals surface area contributed by atoms with Gasteiger partial charge in [-0.2, -0.15) is 0 Å².